The molecule has 0 bridgehead atoms. The zero-order chi connectivity index (χ0) is 13.8. The van der Waals surface area contributed by atoms with E-state index in [0.717, 1.165) is 0 Å². The van der Waals surface area contributed by atoms with E-state index >= 15 is 0 Å². The average molecular weight is 265 g/mol. The summed E-state index contributed by atoms with van der Waals surface area (Å²) in [6.07, 6.45) is 0.176. The number of hydrogen-bond donors (Lipinski definition) is 1. The number of aromatic nitrogens is 1. The van der Waals surface area contributed by atoms with Crippen molar-refractivity contribution in [3.63, 3.8) is 0 Å². The molecule has 0 fully saturated rings. The maximum atomic E-state index is 10.9. The third-order valence-corrected chi connectivity index (χ3v) is 2.42. The maximum absolute atomic E-state index is 10.9. The van der Waals surface area contributed by atoms with Crippen LogP contribution >= 0.6 is 0 Å². The Kier molecular flexibility index (Phi) is 3.60. The number of nitro benzene ring substituents is 1. The summed E-state index contributed by atoms with van der Waals surface area (Å²) < 4.78 is 9.78. The summed E-state index contributed by atoms with van der Waals surface area (Å²) in [5, 5.41) is 13.4. The molecule has 0 saturated heterocycles. The lowest BCUT2D eigenvalue weighted by atomic mass is 10.3. The Hall–Kier alpha value is -2.64. The average Bonchev–Trinajstić information content (AvgIpc) is 2.79. The van der Waals surface area contributed by atoms with Crippen molar-refractivity contribution in [3.05, 3.63) is 28.3 Å². The Balaban J connectivity index is 2.09. The van der Waals surface area contributed by atoms with E-state index in [2.05, 4.69) is 15.0 Å². The molecule has 0 aliphatic rings. The molecule has 100 valence electrons. The number of nitro groups is 1. The SMILES string of the molecule is COC(=O)CCNc1nc2ccc([N+](=O)[O-])cc2o1. The Labute approximate surface area is 107 Å². The van der Waals surface area contributed by atoms with Gasteiger partial charge in [0.05, 0.1) is 24.5 Å². The van der Waals surface area contributed by atoms with Crippen molar-refractivity contribution in [1.29, 1.82) is 0 Å². The molecule has 1 aromatic carbocycles. The van der Waals surface area contributed by atoms with Gasteiger partial charge in [-0.15, -0.1) is 0 Å². The standard InChI is InChI=1S/C11H11N3O5/c1-18-10(15)4-5-12-11-13-8-3-2-7(14(16)17)6-9(8)19-11/h2-3,6H,4-5H2,1H3,(H,12,13). The van der Waals surface area contributed by atoms with Crippen LogP contribution in [0.4, 0.5) is 11.7 Å². The molecule has 0 unspecified atom stereocenters. The molecule has 1 N–H and O–H groups in total. The summed E-state index contributed by atoms with van der Waals surface area (Å²) in [5.74, 6) is -0.348. The van der Waals surface area contributed by atoms with Crippen LogP contribution in [0.15, 0.2) is 22.6 Å². The second-order valence-corrected chi connectivity index (χ2v) is 3.68. The van der Waals surface area contributed by atoms with Gasteiger partial charge < -0.3 is 14.5 Å². The van der Waals surface area contributed by atoms with E-state index in [1.807, 2.05) is 0 Å². The molecule has 8 nitrogen and oxygen atoms in total. The molecule has 0 aliphatic carbocycles. The topological polar surface area (TPSA) is 108 Å². The van der Waals surface area contributed by atoms with Gasteiger partial charge in [0.1, 0.15) is 5.52 Å². The summed E-state index contributed by atoms with van der Waals surface area (Å²) in [6.45, 7) is 0.307. The highest BCUT2D eigenvalue weighted by Crippen LogP contribution is 2.23. The lowest BCUT2D eigenvalue weighted by Gasteiger charge is -1.99. The van der Waals surface area contributed by atoms with Crippen LogP contribution < -0.4 is 5.32 Å². The largest absolute Gasteiger partial charge is 0.469 e. The molecule has 0 saturated carbocycles. The van der Waals surface area contributed by atoms with Crippen molar-refractivity contribution in [3.8, 4) is 0 Å². The molecule has 8 heteroatoms. The van der Waals surface area contributed by atoms with Crippen molar-refractivity contribution in [1.82, 2.24) is 4.98 Å². The minimum atomic E-state index is -0.508. The molecule has 0 atom stereocenters. The molecule has 2 rings (SSSR count). The summed E-state index contributed by atoms with van der Waals surface area (Å²) >= 11 is 0. The minimum Gasteiger partial charge on any atom is -0.469 e. The van der Waals surface area contributed by atoms with Gasteiger partial charge in [-0.05, 0) is 6.07 Å². The number of fused-ring (bicyclic) bond motifs is 1. The van der Waals surface area contributed by atoms with Gasteiger partial charge in [-0.25, -0.2) is 0 Å². The molecule has 2 aromatic rings. The number of ether oxygens (including phenoxy) is 1. The number of nitrogens with zero attached hydrogens (tertiary/aromatic N) is 2. The van der Waals surface area contributed by atoms with Crippen LogP contribution in [0.2, 0.25) is 0 Å². The van der Waals surface area contributed by atoms with E-state index in [1.165, 1.54) is 25.3 Å². The number of carbonyl (C=O) groups excluding carboxylic acids is 1. The highest BCUT2D eigenvalue weighted by molar-refractivity contribution is 5.77. The van der Waals surface area contributed by atoms with E-state index in [1.54, 1.807) is 0 Å². The van der Waals surface area contributed by atoms with Gasteiger partial charge in [-0.2, -0.15) is 4.98 Å². The number of hydrogen-bond acceptors (Lipinski definition) is 7. The second kappa shape index (κ2) is 5.34. The van der Waals surface area contributed by atoms with Crippen molar-refractivity contribution < 1.29 is 18.9 Å². The fourth-order valence-electron chi connectivity index (χ4n) is 1.48. The lowest BCUT2D eigenvalue weighted by Crippen LogP contribution is -2.09. The van der Waals surface area contributed by atoms with Gasteiger partial charge in [-0.1, -0.05) is 0 Å². The minimum absolute atomic E-state index is 0.0650. The first-order chi connectivity index (χ1) is 9.10. The smallest absolute Gasteiger partial charge is 0.307 e. The highest BCUT2D eigenvalue weighted by Gasteiger charge is 2.11. The van der Waals surface area contributed by atoms with Crippen molar-refractivity contribution >= 4 is 28.8 Å². The number of nitrogens with one attached hydrogen (secondary N) is 1. The Morgan fingerprint density at radius 1 is 1.58 bits per heavy atom. The van der Waals surface area contributed by atoms with E-state index in [4.69, 9.17) is 4.42 Å². The molecule has 0 spiro atoms. The molecular formula is C11H11N3O5. The van der Waals surface area contributed by atoms with E-state index in [9.17, 15) is 14.9 Å². The second-order valence-electron chi connectivity index (χ2n) is 3.68. The molecule has 0 radical (unpaired) electrons. The van der Waals surface area contributed by atoms with E-state index in [-0.39, 0.29) is 24.1 Å². The van der Waals surface area contributed by atoms with Crippen molar-refractivity contribution in [2.45, 2.75) is 6.42 Å². The number of esters is 1. The van der Waals surface area contributed by atoms with Crippen LogP contribution in [0.3, 0.4) is 0 Å². The van der Waals surface area contributed by atoms with Gasteiger partial charge >= 0.3 is 5.97 Å². The summed E-state index contributed by atoms with van der Waals surface area (Å²) in [7, 11) is 1.31. The van der Waals surface area contributed by atoms with Gasteiger partial charge in [-0.3, -0.25) is 14.9 Å². The molecule has 0 aliphatic heterocycles. The fourth-order valence-corrected chi connectivity index (χ4v) is 1.48. The normalized spacial score (nSPS) is 10.4. The van der Waals surface area contributed by atoms with Crippen molar-refractivity contribution in [2.24, 2.45) is 0 Å². The quantitative estimate of drug-likeness (QED) is 0.498. The van der Waals surface area contributed by atoms with Crippen molar-refractivity contribution in [2.75, 3.05) is 19.0 Å². The number of methoxy groups -OCH3 is 1. The molecule has 1 aromatic heterocycles. The van der Waals surface area contributed by atoms with Crippen LogP contribution in [0.5, 0.6) is 0 Å². The number of non-ortho nitro benzene ring substituents is 1. The van der Waals surface area contributed by atoms with Crippen LogP contribution in [-0.2, 0) is 9.53 Å². The van der Waals surface area contributed by atoms with Crippen LogP contribution in [0.1, 0.15) is 6.42 Å². The molecule has 0 amide bonds. The van der Waals surface area contributed by atoms with Gasteiger partial charge in [0.15, 0.2) is 5.58 Å². The number of oxazole rings is 1. The van der Waals surface area contributed by atoms with E-state index < -0.39 is 4.92 Å². The molecule has 19 heavy (non-hydrogen) atoms. The first-order valence-electron chi connectivity index (χ1n) is 5.46. The highest BCUT2D eigenvalue weighted by atomic mass is 16.6. The number of carbonyl (C=O) groups is 1. The first-order valence-corrected chi connectivity index (χ1v) is 5.46. The van der Waals surface area contributed by atoms with Gasteiger partial charge in [0.2, 0.25) is 0 Å². The van der Waals surface area contributed by atoms with Crippen LogP contribution in [0, 0.1) is 10.1 Å². The Bertz CT molecular complexity index is 622. The molecular weight excluding hydrogens is 254 g/mol. The van der Waals surface area contributed by atoms with E-state index in [0.29, 0.717) is 17.6 Å². The third kappa shape index (κ3) is 2.97. The zero-order valence-electron chi connectivity index (χ0n) is 10.1. The summed E-state index contributed by atoms with van der Waals surface area (Å²) in [4.78, 5) is 25.1. The number of rotatable bonds is 5. The fraction of sp³-hybridized carbons (Fsp3) is 0.273. The Morgan fingerprint density at radius 3 is 3.05 bits per heavy atom. The monoisotopic (exact) mass is 265 g/mol. The van der Waals surface area contributed by atoms with Gasteiger partial charge in [0.25, 0.3) is 11.7 Å². The lowest BCUT2D eigenvalue weighted by molar-refractivity contribution is -0.384. The third-order valence-electron chi connectivity index (χ3n) is 2.42. The molecule has 1 heterocycles. The van der Waals surface area contributed by atoms with Crippen LogP contribution in [-0.4, -0.2) is 29.5 Å². The number of benzene rings is 1. The predicted octanol–water partition coefficient (Wildman–Crippen LogP) is 1.71. The summed E-state index contributed by atoms with van der Waals surface area (Å²) in [6, 6.07) is 4.36. The Morgan fingerprint density at radius 2 is 2.37 bits per heavy atom. The van der Waals surface area contributed by atoms with Crippen LogP contribution in [0.25, 0.3) is 11.1 Å². The first kappa shape index (κ1) is 12.8. The predicted molar refractivity (Wildman–Crippen MR) is 65.8 cm³/mol. The zero-order valence-corrected chi connectivity index (χ0v) is 10.1. The van der Waals surface area contributed by atoms with Gasteiger partial charge in [0, 0.05) is 12.6 Å². The number of anilines is 1. The maximum Gasteiger partial charge on any atom is 0.307 e. The summed E-state index contributed by atoms with van der Waals surface area (Å²) in [5.41, 5.74) is 0.755.